The van der Waals surface area contributed by atoms with Gasteiger partial charge in [0, 0.05) is 43.4 Å². The van der Waals surface area contributed by atoms with E-state index in [1.165, 1.54) is 39.5 Å². The number of hydrogen-bond acceptors (Lipinski definition) is 9. The summed E-state index contributed by atoms with van der Waals surface area (Å²) < 4.78 is 21.4. The normalized spacial score (nSPS) is 20.9. The van der Waals surface area contributed by atoms with Crippen LogP contribution in [0.25, 0.3) is 0 Å². The molecule has 0 unspecified atom stereocenters. The number of benzene rings is 1. The third kappa shape index (κ3) is 6.91. The lowest BCUT2D eigenvalue weighted by Gasteiger charge is -2.37. The number of hydrogen-bond donors (Lipinski definition) is 0. The number of allylic oxidation sites excluding steroid dienone is 1. The first-order valence-corrected chi connectivity index (χ1v) is 10.1. The van der Waals surface area contributed by atoms with Crippen LogP contribution in [0.1, 0.15) is 34.1 Å². The molecule has 0 fully saturated rings. The van der Waals surface area contributed by atoms with Crippen molar-refractivity contribution in [2.75, 3.05) is 6.61 Å². The minimum atomic E-state index is -1.16. The lowest BCUT2D eigenvalue weighted by Crippen LogP contribution is -2.47. The third-order valence-electron chi connectivity index (χ3n) is 4.08. The van der Waals surface area contributed by atoms with Gasteiger partial charge in [-0.25, -0.2) is 0 Å². The maximum absolute atomic E-state index is 11.8. The van der Waals surface area contributed by atoms with Gasteiger partial charge < -0.3 is 18.9 Å². The smallest absolute Gasteiger partial charge is 0.307 e. The minimum absolute atomic E-state index is 0.0583. The third-order valence-corrected chi connectivity index (χ3v) is 5.20. The quantitative estimate of drug-likeness (QED) is 0.471. The number of carbonyl (C=O) groups excluding carboxylic acids is 4. The summed E-state index contributed by atoms with van der Waals surface area (Å²) in [6.07, 6.45) is -1.86. The maximum Gasteiger partial charge on any atom is 0.307 e. The Morgan fingerprint density at radius 3 is 2.07 bits per heavy atom. The summed E-state index contributed by atoms with van der Waals surface area (Å²) >= 11 is 1.33. The van der Waals surface area contributed by atoms with Crippen molar-refractivity contribution in [2.24, 2.45) is 5.92 Å². The zero-order chi connectivity index (χ0) is 22.3. The van der Waals surface area contributed by atoms with Crippen LogP contribution in [0.4, 0.5) is 0 Å². The number of esters is 4. The van der Waals surface area contributed by atoms with Crippen molar-refractivity contribution < 1.29 is 38.1 Å². The number of carbonyl (C=O) groups is 4. The molecule has 1 aromatic rings. The van der Waals surface area contributed by atoms with Crippen molar-refractivity contribution in [3.8, 4) is 0 Å². The molecule has 0 spiro atoms. The Bertz CT molecular complexity index is 833. The molecule has 9 heteroatoms. The van der Waals surface area contributed by atoms with Crippen molar-refractivity contribution in [3.05, 3.63) is 41.0 Å². The molecule has 162 valence electrons. The minimum Gasteiger partial charge on any atom is -0.465 e. The molecule has 2 rings (SSSR count). The van der Waals surface area contributed by atoms with E-state index in [-0.39, 0.29) is 18.8 Å². The van der Waals surface area contributed by atoms with Crippen LogP contribution in [0.5, 0.6) is 0 Å². The van der Waals surface area contributed by atoms with Crippen LogP contribution in [0.15, 0.2) is 45.9 Å². The Balaban J connectivity index is 2.53. The fraction of sp³-hybridized carbons (Fsp3) is 0.429. The predicted octanol–water partition coefficient (Wildman–Crippen LogP) is 3.00. The summed E-state index contributed by atoms with van der Waals surface area (Å²) in [6.45, 7) is 4.87. The molecule has 0 saturated heterocycles. The summed E-state index contributed by atoms with van der Waals surface area (Å²) in [4.78, 5) is 48.1. The molecule has 0 heterocycles. The highest BCUT2D eigenvalue weighted by Crippen LogP contribution is 2.43. The average molecular weight is 436 g/mol. The summed E-state index contributed by atoms with van der Waals surface area (Å²) in [6, 6.07) is 9.35. The molecule has 1 aromatic carbocycles. The van der Waals surface area contributed by atoms with Crippen LogP contribution < -0.4 is 0 Å². The zero-order valence-corrected chi connectivity index (χ0v) is 18.0. The monoisotopic (exact) mass is 436 g/mol. The molecule has 0 aliphatic heterocycles. The predicted molar refractivity (Wildman–Crippen MR) is 107 cm³/mol. The fourth-order valence-corrected chi connectivity index (χ4v) is 4.16. The van der Waals surface area contributed by atoms with Crippen molar-refractivity contribution in [2.45, 2.75) is 51.2 Å². The van der Waals surface area contributed by atoms with Gasteiger partial charge in [0.2, 0.25) is 0 Å². The van der Waals surface area contributed by atoms with Crippen LogP contribution >= 0.6 is 11.8 Å². The SMILES string of the molecule is CC(=O)OC[C@H]1CC(Sc2ccccc2)=C(OC(C)=O)[C@@H](OC(C)=O)[C@@H]1OC(C)=O. The van der Waals surface area contributed by atoms with Gasteiger partial charge in [0.1, 0.15) is 0 Å². The molecule has 1 aliphatic carbocycles. The first-order chi connectivity index (χ1) is 14.2. The van der Waals surface area contributed by atoms with Crippen LogP contribution in [0, 0.1) is 5.92 Å². The Morgan fingerprint density at radius 1 is 0.900 bits per heavy atom. The molecule has 1 aliphatic rings. The second kappa shape index (κ2) is 10.8. The molecule has 0 amide bonds. The van der Waals surface area contributed by atoms with Gasteiger partial charge in [0.25, 0.3) is 0 Å². The van der Waals surface area contributed by atoms with E-state index in [4.69, 9.17) is 18.9 Å². The van der Waals surface area contributed by atoms with E-state index < -0.39 is 42.0 Å². The van der Waals surface area contributed by atoms with Gasteiger partial charge in [0.05, 0.1) is 6.61 Å². The topological polar surface area (TPSA) is 105 Å². The average Bonchev–Trinajstić information content (AvgIpc) is 2.64. The van der Waals surface area contributed by atoms with E-state index in [0.717, 1.165) is 4.90 Å². The molecule has 3 atom stereocenters. The highest BCUT2D eigenvalue weighted by Gasteiger charge is 2.45. The Morgan fingerprint density at radius 2 is 1.53 bits per heavy atom. The van der Waals surface area contributed by atoms with Gasteiger partial charge in [-0.15, -0.1) is 0 Å². The van der Waals surface area contributed by atoms with E-state index in [9.17, 15) is 19.2 Å². The second-order valence-corrected chi connectivity index (χ2v) is 7.84. The van der Waals surface area contributed by atoms with Crippen LogP contribution in [0.3, 0.4) is 0 Å². The summed E-state index contributed by atoms with van der Waals surface area (Å²) in [5.41, 5.74) is 0. The second-order valence-electron chi connectivity index (χ2n) is 6.67. The van der Waals surface area contributed by atoms with Gasteiger partial charge in [0.15, 0.2) is 18.0 Å². The lowest BCUT2D eigenvalue weighted by molar-refractivity contribution is -0.175. The molecule has 0 aromatic heterocycles. The molecule has 30 heavy (non-hydrogen) atoms. The molecule has 0 N–H and O–H groups in total. The van der Waals surface area contributed by atoms with E-state index in [1.54, 1.807) is 0 Å². The van der Waals surface area contributed by atoms with E-state index in [2.05, 4.69) is 0 Å². The molecular formula is C21H24O8S. The summed E-state index contributed by atoms with van der Waals surface area (Å²) in [5, 5.41) is 0. The van der Waals surface area contributed by atoms with Crippen LogP contribution in [-0.2, 0) is 38.1 Å². The first kappa shape index (κ1) is 23.5. The molecule has 0 radical (unpaired) electrons. The standard InChI is InChI=1S/C21H24O8S/c1-12(22)26-11-16-10-18(30-17-8-6-5-7-9-17)20(28-14(3)24)21(29-15(4)25)19(16)27-13(2)23/h5-9,16,19,21H,10-11H2,1-4H3/t16-,19-,21+/m1/s1. The highest BCUT2D eigenvalue weighted by atomic mass is 32.2. The first-order valence-electron chi connectivity index (χ1n) is 9.29. The molecule has 0 saturated carbocycles. The van der Waals surface area contributed by atoms with Gasteiger partial charge in [-0.3, -0.25) is 19.2 Å². The molecular weight excluding hydrogens is 412 g/mol. The maximum atomic E-state index is 11.8. The molecule has 8 nitrogen and oxygen atoms in total. The fourth-order valence-electron chi connectivity index (χ4n) is 3.03. The van der Waals surface area contributed by atoms with Gasteiger partial charge in [-0.2, -0.15) is 0 Å². The van der Waals surface area contributed by atoms with Crippen molar-refractivity contribution in [1.29, 1.82) is 0 Å². The van der Waals surface area contributed by atoms with Gasteiger partial charge in [-0.1, -0.05) is 30.0 Å². The number of ether oxygens (including phenoxy) is 4. The van der Waals surface area contributed by atoms with Crippen molar-refractivity contribution in [1.82, 2.24) is 0 Å². The zero-order valence-electron chi connectivity index (χ0n) is 17.2. The number of thioether (sulfide) groups is 1. The highest BCUT2D eigenvalue weighted by molar-refractivity contribution is 8.03. The van der Waals surface area contributed by atoms with Crippen LogP contribution in [-0.4, -0.2) is 42.7 Å². The van der Waals surface area contributed by atoms with Gasteiger partial charge >= 0.3 is 23.9 Å². The number of rotatable bonds is 7. The Labute approximate surface area is 178 Å². The van der Waals surface area contributed by atoms with Crippen molar-refractivity contribution in [3.63, 3.8) is 0 Å². The van der Waals surface area contributed by atoms with Crippen molar-refractivity contribution >= 4 is 35.6 Å². The lowest BCUT2D eigenvalue weighted by atomic mass is 9.88. The Kier molecular flexibility index (Phi) is 8.46. The molecule has 0 bridgehead atoms. The van der Waals surface area contributed by atoms with Gasteiger partial charge in [-0.05, 0) is 18.6 Å². The van der Waals surface area contributed by atoms with Crippen LogP contribution in [0.2, 0.25) is 0 Å². The Hall–Kier alpha value is -2.81. The summed E-state index contributed by atoms with van der Waals surface area (Å²) in [5.74, 6) is -2.74. The largest absolute Gasteiger partial charge is 0.465 e. The van der Waals surface area contributed by atoms with E-state index in [0.29, 0.717) is 4.91 Å². The summed E-state index contributed by atoms with van der Waals surface area (Å²) in [7, 11) is 0. The van der Waals surface area contributed by atoms with E-state index >= 15 is 0 Å². The van der Waals surface area contributed by atoms with E-state index in [1.807, 2.05) is 30.3 Å².